The lowest BCUT2D eigenvalue weighted by Crippen LogP contribution is -2.17. The van der Waals surface area contributed by atoms with E-state index < -0.39 is 0 Å². The minimum absolute atomic E-state index is 0.158. The number of hydrogen-bond donors (Lipinski definition) is 0. The van der Waals surface area contributed by atoms with Crippen LogP contribution in [0.25, 0.3) is 0 Å². The quantitative estimate of drug-likeness (QED) is 0.750. The van der Waals surface area contributed by atoms with E-state index in [1.165, 1.54) is 0 Å². The summed E-state index contributed by atoms with van der Waals surface area (Å²) in [5.74, 6) is 0. The van der Waals surface area contributed by atoms with Crippen LogP contribution in [0.2, 0.25) is 0 Å². The lowest BCUT2D eigenvalue weighted by molar-refractivity contribution is -0.0321. The molecule has 0 saturated heterocycles. The normalized spacial score (nSPS) is 23.7. The van der Waals surface area contributed by atoms with Crippen molar-refractivity contribution in [2.75, 3.05) is 52.9 Å². The maximum Gasteiger partial charge on any atom is 0.103 e. The summed E-state index contributed by atoms with van der Waals surface area (Å²) < 4.78 is 28.5. The molecule has 0 unspecified atom stereocenters. The van der Waals surface area contributed by atoms with Gasteiger partial charge in [0.1, 0.15) is 12.2 Å². The Morgan fingerprint density at radius 2 is 1.15 bits per heavy atom. The summed E-state index contributed by atoms with van der Waals surface area (Å²) in [6.45, 7) is 11.8. The molecule has 0 radical (unpaired) electrons. The Morgan fingerprint density at radius 3 is 1.56 bits per heavy atom. The predicted molar refractivity (Wildman–Crippen MR) is 104 cm³/mol. The SMILES string of the molecule is C=CC[C@@H]1OCCOCCOCCOCCO[C@H](CC=C)c2cccc1n2. The van der Waals surface area contributed by atoms with Gasteiger partial charge in [-0.05, 0) is 25.0 Å². The second-order valence-corrected chi connectivity index (χ2v) is 6.09. The zero-order valence-corrected chi connectivity index (χ0v) is 16.0. The first-order chi connectivity index (χ1) is 13.3. The van der Waals surface area contributed by atoms with Crippen molar-refractivity contribution in [2.24, 2.45) is 0 Å². The van der Waals surface area contributed by atoms with E-state index in [1.807, 2.05) is 30.4 Å². The van der Waals surface area contributed by atoms with E-state index in [4.69, 9.17) is 28.7 Å². The van der Waals surface area contributed by atoms with Crippen molar-refractivity contribution in [3.63, 3.8) is 0 Å². The van der Waals surface area contributed by atoms with E-state index in [1.54, 1.807) is 0 Å². The molecule has 2 rings (SSSR count). The molecule has 2 heterocycles. The molecule has 0 spiro atoms. The smallest absolute Gasteiger partial charge is 0.103 e. The largest absolute Gasteiger partial charge is 0.377 e. The number of aromatic nitrogens is 1. The fourth-order valence-electron chi connectivity index (χ4n) is 2.72. The molecule has 6 heteroatoms. The van der Waals surface area contributed by atoms with E-state index in [0.29, 0.717) is 65.7 Å². The first-order valence-corrected chi connectivity index (χ1v) is 9.50. The number of hydrogen-bond acceptors (Lipinski definition) is 6. The summed E-state index contributed by atoms with van der Waals surface area (Å²) in [6, 6.07) is 5.93. The van der Waals surface area contributed by atoms with Gasteiger partial charge in [0, 0.05) is 0 Å². The van der Waals surface area contributed by atoms with Crippen LogP contribution in [0.4, 0.5) is 0 Å². The molecule has 6 nitrogen and oxygen atoms in total. The number of rotatable bonds is 4. The zero-order chi connectivity index (χ0) is 19.2. The molecular formula is C21H31NO5. The van der Waals surface area contributed by atoms with Gasteiger partial charge in [0.05, 0.1) is 64.2 Å². The van der Waals surface area contributed by atoms with Crippen LogP contribution in [-0.4, -0.2) is 57.8 Å². The van der Waals surface area contributed by atoms with Crippen molar-refractivity contribution in [3.05, 3.63) is 54.9 Å². The van der Waals surface area contributed by atoms with Gasteiger partial charge >= 0.3 is 0 Å². The molecule has 150 valence electrons. The van der Waals surface area contributed by atoms with Crippen LogP contribution in [0.15, 0.2) is 43.5 Å². The Labute approximate surface area is 162 Å². The third-order valence-corrected chi connectivity index (χ3v) is 4.05. The Kier molecular flexibility index (Phi) is 10.9. The highest BCUT2D eigenvalue weighted by Gasteiger charge is 2.17. The van der Waals surface area contributed by atoms with Gasteiger partial charge in [-0.15, -0.1) is 13.2 Å². The van der Waals surface area contributed by atoms with E-state index in [9.17, 15) is 0 Å². The Hall–Kier alpha value is -1.57. The average molecular weight is 377 g/mol. The molecule has 0 saturated carbocycles. The molecule has 1 aliphatic rings. The van der Waals surface area contributed by atoms with Crippen LogP contribution >= 0.6 is 0 Å². The number of nitrogens with zero attached hydrogens (tertiary/aromatic N) is 1. The standard InChI is InChI=1S/C21H31NO5/c1-3-6-20-18-8-5-9-19(22-18)21(7-4-2)27-17-15-25-13-11-23-10-12-24-14-16-26-20/h3-5,8-9,20-21H,1-2,6-7,10-17H2/t20-,21+. The molecule has 0 aliphatic carbocycles. The van der Waals surface area contributed by atoms with E-state index >= 15 is 0 Å². The molecule has 2 atom stereocenters. The molecular weight excluding hydrogens is 346 g/mol. The van der Waals surface area contributed by atoms with E-state index in [0.717, 1.165) is 11.4 Å². The summed E-state index contributed by atoms with van der Waals surface area (Å²) >= 11 is 0. The number of pyridine rings is 1. The molecule has 0 fully saturated rings. The maximum absolute atomic E-state index is 5.98. The summed E-state index contributed by atoms with van der Waals surface area (Å²) in [5.41, 5.74) is 1.73. The van der Waals surface area contributed by atoms with E-state index in [-0.39, 0.29) is 12.2 Å². The van der Waals surface area contributed by atoms with Crippen molar-refractivity contribution in [3.8, 4) is 0 Å². The topological polar surface area (TPSA) is 59.0 Å². The van der Waals surface area contributed by atoms with Gasteiger partial charge in [0.15, 0.2) is 0 Å². The van der Waals surface area contributed by atoms with Gasteiger partial charge in [-0.1, -0.05) is 18.2 Å². The van der Waals surface area contributed by atoms with Gasteiger partial charge in [-0.2, -0.15) is 0 Å². The highest BCUT2D eigenvalue weighted by Crippen LogP contribution is 2.25. The second-order valence-electron chi connectivity index (χ2n) is 6.09. The minimum atomic E-state index is -0.158. The third-order valence-electron chi connectivity index (χ3n) is 4.05. The second kappa shape index (κ2) is 13.6. The third kappa shape index (κ3) is 8.32. The molecule has 1 aliphatic heterocycles. The Morgan fingerprint density at radius 1 is 0.741 bits per heavy atom. The first kappa shape index (κ1) is 21.7. The summed E-state index contributed by atoms with van der Waals surface area (Å²) in [4.78, 5) is 4.79. The van der Waals surface area contributed by atoms with Gasteiger partial charge < -0.3 is 23.7 Å². The molecule has 2 bridgehead atoms. The van der Waals surface area contributed by atoms with Crippen molar-refractivity contribution in [1.29, 1.82) is 0 Å². The molecule has 0 aromatic carbocycles. The highest BCUT2D eigenvalue weighted by atomic mass is 16.6. The van der Waals surface area contributed by atoms with Crippen molar-refractivity contribution in [2.45, 2.75) is 25.0 Å². The minimum Gasteiger partial charge on any atom is -0.377 e. The van der Waals surface area contributed by atoms with Crippen molar-refractivity contribution >= 4 is 0 Å². The molecule has 27 heavy (non-hydrogen) atoms. The van der Waals surface area contributed by atoms with Crippen molar-refractivity contribution < 1.29 is 23.7 Å². The Bertz CT molecular complexity index is 508. The lowest BCUT2D eigenvalue weighted by atomic mass is 10.1. The summed E-state index contributed by atoms with van der Waals surface area (Å²) in [7, 11) is 0. The van der Waals surface area contributed by atoms with Crippen LogP contribution in [0.5, 0.6) is 0 Å². The first-order valence-electron chi connectivity index (χ1n) is 9.50. The fourth-order valence-corrected chi connectivity index (χ4v) is 2.72. The van der Waals surface area contributed by atoms with E-state index in [2.05, 4.69) is 13.2 Å². The van der Waals surface area contributed by atoms with Gasteiger partial charge in [0.25, 0.3) is 0 Å². The highest BCUT2D eigenvalue weighted by molar-refractivity contribution is 5.16. The van der Waals surface area contributed by atoms with Crippen LogP contribution < -0.4 is 0 Å². The average Bonchev–Trinajstić information content (AvgIpc) is 2.69. The van der Waals surface area contributed by atoms with Gasteiger partial charge in [-0.3, -0.25) is 4.98 Å². The molecule has 0 N–H and O–H groups in total. The number of fused-ring (bicyclic) bond motifs is 2. The van der Waals surface area contributed by atoms with Crippen LogP contribution in [0.3, 0.4) is 0 Å². The molecule has 0 amide bonds. The lowest BCUT2D eigenvalue weighted by Gasteiger charge is -2.20. The molecule has 1 aromatic heterocycles. The van der Waals surface area contributed by atoms with Gasteiger partial charge in [-0.25, -0.2) is 0 Å². The number of ether oxygens (including phenoxy) is 5. The monoisotopic (exact) mass is 377 g/mol. The summed E-state index contributed by atoms with van der Waals surface area (Å²) in [5, 5.41) is 0. The van der Waals surface area contributed by atoms with Gasteiger partial charge in [0.2, 0.25) is 0 Å². The Balaban J connectivity index is 2.10. The maximum atomic E-state index is 5.98. The van der Waals surface area contributed by atoms with Crippen molar-refractivity contribution in [1.82, 2.24) is 4.98 Å². The van der Waals surface area contributed by atoms with Crippen LogP contribution in [-0.2, 0) is 23.7 Å². The van der Waals surface area contributed by atoms with Crippen LogP contribution in [0, 0.1) is 0 Å². The summed E-state index contributed by atoms with van der Waals surface area (Å²) in [6.07, 6.45) is 4.73. The van der Waals surface area contributed by atoms with Crippen LogP contribution in [0.1, 0.15) is 36.4 Å². The predicted octanol–water partition coefficient (Wildman–Crippen LogP) is 3.41. The fraction of sp³-hybridized carbons (Fsp3) is 0.571. The zero-order valence-electron chi connectivity index (χ0n) is 16.0. The molecule has 1 aromatic rings.